The molecule has 18 heavy (non-hydrogen) atoms. The Morgan fingerprint density at radius 1 is 1.22 bits per heavy atom. The summed E-state index contributed by atoms with van der Waals surface area (Å²) >= 11 is 0. The molecular weight excluding hydrogens is 222 g/mol. The average molecular weight is 243 g/mol. The lowest BCUT2D eigenvalue weighted by Gasteiger charge is -2.14. The highest BCUT2D eigenvalue weighted by Crippen LogP contribution is 2.27. The standard InChI is InChI=1S/C16H21NO/c1-3-4-5-10-16(18)14-11-12(2)17-15-9-7-6-8-13(14)15/h6-9,11,16,18H,3-5,10H2,1-2H3. The lowest BCUT2D eigenvalue weighted by molar-refractivity contribution is 0.165. The summed E-state index contributed by atoms with van der Waals surface area (Å²) in [4.78, 5) is 4.50. The number of pyridine rings is 1. The summed E-state index contributed by atoms with van der Waals surface area (Å²) in [7, 11) is 0. The maximum Gasteiger partial charge on any atom is 0.0797 e. The fourth-order valence-corrected chi connectivity index (χ4v) is 2.36. The van der Waals surface area contributed by atoms with Crippen molar-refractivity contribution in [1.29, 1.82) is 0 Å². The van der Waals surface area contributed by atoms with Gasteiger partial charge in [-0.3, -0.25) is 4.98 Å². The summed E-state index contributed by atoms with van der Waals surface area (Å²) in [6.45, 7) is 4.16. The number of hydrogen-bond acceptors (Lipinski definition) is 2. The maximum absolute atomic E-state index is 10.3. The molecule has 0 radical (unpaired) electrons. The first kappa shape index (κ1) is 13.0. The summed E-state index contributed by atoms with van der Waals surface area (Å²) in [5, 5.41) is 11.4. The molecule has 1 atom stereocenters. The first-order chi connectivity index (χ1) is 8.72. The number of fused-ring (bicyclic) bond motifs is 1. The molecule has 2 aromatic rings. The number of aliphatic hydroxyl groups is 1. The van der Waals surface area contributed by atoms with Crippen molar-refractivity contribution in [2.24, 2.45) is 0 Å². The highest BCUT2D eigenvalue weighted by atomic mass is 16.3. The van der Waals surface area contributed by atoms with E-state index in [0.717, 1.165) is 35.0 Å². The van der Waals surface area contributed by atoms with Gasteiger partial charge in [-0.15, -0.1) is 0 Å². The predicted octanol–water partition coefficient (Wildman–Crippen LogP) is 4.16. The molecule has 2 heteroatoms. The van der Waals surface area contributed by atoms with Gasteiger partial charge in [0, 0.05) is 11.1 Å². The van der Waals surface area contributed by atoms with Gasteiger partial charge in [0.15, 0.2) is 0 Å². The second-order valence-corrected chi connectivity index (χ2v) is 4.88. The third-order valence-electron chi connectivity index (χ3n) is 3.32. The molecule has 1 unspecified atom stereocenters. The molecule has 0 aliphatic heterocycles. The van der Waals surface area contributed by atoms with Gasteiger partial charge in [-0.25, -0.2) is 0 Å². The second kappa shape index (κ2) is 5.96. The predicted molar refractivity (Wildman–Crippen MR) is 75.6 cm³/mol. The van der Waals surface area contributed by atoms with Crippen LogP contribution in [0.25, 0.3) is 10.9 Å². The summed E-state index contributed by atoms with van der Waals surface area (Å²) in [5.41, 5.74) is 2.97. The van der Waals surface area contributed by atoms with E-state index in [1.807, 2.05) is 37.3 Å². The van der Waals surface area contributed by atoms with Crippen LogP contribution in [0.3, 0.4) is 0 Å². The average Bonchev–Trinajstić information content (AvgIpc) is 2.38. The van der Waals surface area contributed by atoms with Crippen molar-refractivity contribution >= 4 is 10.9 Å². The van der Waals surface area contributed by atoms with Gasteiger partial charge in [-0.1, -0.05) is 44.4 Å². The Kier molecular flexibility index (Phi) is 4.32. The summed E-state index contributed by atoms with van der Waals surface area (Å²) in [6.07, 6.45) is 3.90. The smallest absolute Gasteiger partial charge is 0.0797 e. The van der Waals surface area contributed by atoms with Crippen molar-refractivity contribution < 1.29 is 5.11 Å². The Bertz CT molecular complexity index is 521. The molecule has 0 saturated heterocycles. The molecule has 2 nitrogen and oxygen atoms in total. The van der Waals surface area contributed by atoms with E-state index in [1.54, 1.807) is 0 Å². The third-order valence-corrected chi connectivity index (χ3v) is 3.32. The Hall–Kier alpha value is -1.41. The van der Waals surface area contributed by atoms with E-state index in [9.17, 15) is 5.11 Å². The fourth-order valence-electron chi connectivity index (χ4n) is 2.36. The maximum atomic E-state index is 10.3. The van der Waals surface area contributed by atoms with E-state index in [-0.39, 0.29) is 6.10 Å². The first-order valence-electron chi connectivity index (χ1n) is 6.76. The quantitative estimate of drug-likeness (QED) is 0.800. The number of aliphatic hydroxyl groups excluding tert-OH is 1. The van der Waals surface area contributed by atoms with Crippen molar-refractivity contribution in [2.75, 3.05) is 0 Å². The van der Waals surface area contributed by atoms with Gasteiger partial charge in [0.1, 0.15) is 0 Å². The van der Waals surface area contributed by atoms with Crippen molar-refractivity contribution in [1.82, 2.24) is 4.98 Å². The molecule has 0 fully saturated rings. The van der Waals surface area contributed by atoms with Crippen LogP contribution in [-0.2, 0) is 0 Å². The van der Waals surface area contributed by atoms with E-state index in [2.05, 4.69) is 11.9 Å². The van der Waals surface area contributed by atoms with E-state index in [4.69, 9.17) is 0 Å². The molecule has 0 amide bonds. The normalized spacial score (nSPS) is 12.8. The van der Waals surface area contributed by atoms with Crippen molar-refractivity contribution in [3.8, 4) is 0 Å². The number of para-hydroxylation sites is 1. The number of nitrogens with zero attached hydrogens (tertiary/aromatic N) is 1. The topological polar surface area (TPSA) is 33.1 Å². The number of aromatic nitrogens is 1. The van der Waals surface area contributed by atoms with Crippen LogP contribution in [0.2, 0.25) is 0 Å². The Morgan fingerprint density at radius 2 is 2.00 bits per heavy atom. The SMILES string of the molecule is CCCCCC(O)c1cc(C)nc2ccccc12. The molecule has 0 spiro atoms. The Morgan fingerprint density at radius 3 is 2.78 bits per heavy atom. The van der Waals surface area contributed by atoms with Crippen LogP contribution in [0, 0.1) is 6.92 Å². The van der Waals surface area contributed by atoms with Crippen LogP contribution in [0.5, 0.6) is 0 Å². The molecule has 0 aliphatic rings. The van der Waals surface area contributed by atoms with E-state index >= 15 is 0 Å². The summed E-state index contributed by atoms with van der Waals surface area (Å²) < 4.78 is 0. The first-order valence-corrected chi connectivity index (χ1v) is 6.76. The highest BCUT2D eigenvalue weighted by Gasteiger charge is 2.12. The monoisotopic (exact) mass is 243 g/mol. The molecule has 1 aromatic heterocycles. The number of hydrogen-bond donors (Lipinski definition) is 1. The zero-order chi connectivity index (χ0) is 13.0. The lowest BCUT2D eigenvalue weighted by Crippen LogP contribution is -2.00. The van der Waals surface area contributed by atoms with Crippen molar-refractivity contribution in [2.45, 2.75) is 45.6 Å². The number of unbranched alkanes of at least 4 members (excludes halogenated alkanes) is 2. The summed E-state index contributed by atoms with van der Waals surface area (Å²) in [5.74, 6) is 0. The molecule has 1 heterocycles. The van der Waals surface area contributed by atoms with Crippen LogP contribution in [0.1, 0.15) is 50.0 Å². The van der Waals surface area contributed by atoms with Crippen LogP contribution in [0.15, 0.2) is 30.3 Å². The number of benzene rings is 1. The molecule has 0 saturated carbocycles. The largest absolute Gasteiger partial charge is 0.388 e. The van der Waals surface area contributed by atoms with Crippen LogP contribution >= 0.6 is 0 Å². The summed E-state index contributed by atoms with van der Waals surface area (Å²) in [6, 6.07) is 10.0. The zero-order valence-corrected chi connectivity index (χ0v) is 11.2. The fraction of sp³-hybridized carbons (Fsp3) is 0.438. The zero-order valence-electron chi connectivity index (χ0n) is 11.2. The van der Waals surface area contributed by atoms with Gasteiger partial charge in [-0.2, -0.15) is 0 Å². The van der Waals surface area contributed by atoms with Gasteiger partial charge < -0.3 is 5.11 Å². The minimum Gasteiger partial charge on any atom is -0.388 e. The van der Waals surface area contributed by atoms with E-state index in [0.29, 0.717) is 0 Å². The van der Waals surface area contributed by atoms with Gasteiger partial charge >= 0.3 is 0 Å². The Labute approximate surface area is 109 Å². The van der Waals surface area contributed by atoms with Crippen LogP contribution in [-0.4, -0.2) is 10.1 Å². The van der Waals surface area contributed by atoms with Gasteiger partial charge in [0.05, 0.1) is 11.6 Å². The molecular formula is C16H21NO. The highest BCUT2D eigenvalue weighted by molar-refractivity contribution is 5.82. The minimum atomic E-state index is -0.372. The lowest BCUT2D eigenvalue weighted by atomic mass is 9.99. The molecule has 96 valence electrons. The van der Waals surface area contributed by atoms with Gasteiger partial charge in [0.2, 0.25) is 0 Å². The Balaban J connectivity index is 2.31. The number of aryl methyl sites for hydroxylation is 1. The van der Waals surface area contributed by atoms with Gasteiger partial charge in [0.25, 0.3) is 0 Å². The van der Waals surface area contributed by atoms with Crippen molar-refractivity contribution in [3.63, 3.8) is 0 Å². The van der Waals surface area contributed by atoms with E-state index in [1.165, 1.54) is 12.8 Å². The van der Waals surface area contributed by atoms with Crippen molar-refractivity contribution in [3.05, 3.63) is 41.6 Å². The van der Waals surface area contributed by atoms with E-state index < -0.39 is 0 Å². The molecule has 2 rings (SSSR count). The second-order valence-electron chi connectivity index (χ2n) is 4.88. The molecule has 0 bridgehead atoms. The van der Waals surface area contributed by atoms with Crippen LogP contribution in [0.4, 0.5) is 0 Å². The van der Waals surface area contributed by atoms with Gasteiger partial charge in [-0.05, 0) is 31.0 Å². The van der Waals surface area contributed by atoms with Crippen LogP contribution < -0.4 is 0 Å². The number of rotatable bonds is 5. The molecule has 0 aliphatic carbocycles. The minimum absolute atomic E-state index is 0.372. The molecule has 1 aromatic carbocycles. The third kappa shape index (κ3) is 2.88. The molecule has 1 N–H and O–H groups in total.